The van der Waals surface area contributed by atoms with Crippen LogP contribution in [0.15, 0.2) is 52.1 Å². The Bertz CT molecular complexity index is 1420. The van der Waals surface area contributed by atoms with Gasteiger partial charge in [0.25, 0.3) is 11.1 Å². The molecule has 4 rings (SSSR count). The van der Waals surface area contributed by atoms with Crippen LogP contribution in [0.25, 0.3) is 21.7 Å². The van der Waals surface area contributed by atoms with Gasteiger partial charge in [-0.3, -0.25) is 9.59 Å². The molecule has 2 aromatic heterocycles. The minimum absolute atomic E-state index is 0.0682. The number of hydrogen-bond acceptors (Lipinski definition) is 8. The maximum absolute atomic E-state index is 12.5. The normalized spacial score (nSPS) is 10.8. The maximum Gasteiger partial charge on any atom is 0.359 e. The van der Waals surface area contributed by atoms with Gasteiger partial charge in [0.2, 0.25) is 0 Å². The van der Waals surface area contributed by atoms with Crippen molar-refractivity contribution in [3.8, 4) is 0 Å². The molecule has 0 spiro atoms. The molecule has 0 saturated carbocycles. The highest BCUT2D eigenvalue weighted by Gasteiger charge is 2.16. The van der Waals surface area contributed by atoms with Crippen LogP contribution in [-0.2, 0) is 16.1 Å². The number of carbonyl (C=O) groups excluding carboxylic acids is 2. The van der Waals surface area contributed by atoms with Gasteiger partial charge in [-0.15, -0.1) is 0 Å². The number of nitrogens with one attached hydrogen (secondary N) is 2. The molecule has 2 N–H and O–H groups in total. The van der Waals surface area contributed by atoms with Crippen molar-refractivity contribution in [1.82, 2.24) is 20.2 Å². The first-order valence-corrected chi connectivity index (χ1v) is 8.74. The number of ether oxygens (including phenoxy) is 2. The number of aromatic amines is 2. The number of carbonyl (C=O) groups is 2. The third-order valence-electron chi connectivity index (χ3n) is 4.41. The first-order chi connectivity index (χ1) is 14.5. The number of esters is 2. The largest absolute Gasteiger partial charge is 0.465 e. The van der Waals surface area contributed by atoms with Crippen LogP contribution in [0.1, 0.15) is 26.7 Å². The highest BCUT2D eigenvalue weighted by Crippen LogP contribution is 2.15. The summed E-state index contributed by atoms with van der Waals surface area (Å²) in [5, 5.41) is 6.93. The lowest BCUT2D eigenvalue weighted by Crippen LogP contribution is -2.18. The molecule has 0 bridgehead atoms. The van der Waals surface area contributed by atoms with E-state index in [1.54, 1.807) is 24.3 Å². The zero-order chi connectivity index (χ0) is 21.3. The molecular weight excluding hydrogens is 392 g/mol. The number of nitrogens with zero attached hydrogens (tertiary/aromatic N) is 2. The summed E-state index contributed by atoms with van der Waals surface area (Å²) in [6.45, 7) is -0.346. The first kappa shape index (κ1) is 19.0. The smallest absolute Gasteiger partial charge is 0.359 e. The van der Waals surface area contributed by atoms with E-state index in [9.17, 15) is 19.2 Å². The number of fused-ring (bicyclic) bond motifs is 2. The molecule has 0 radical (unpaired) electrons. The minimum Gasteiger partial charge on any atom is -0.465 e. The van der Waals surface area contributed by atoms with E-state index >= 15 is 0 Å². The Kier molecular flexibility index (Phi) is 4.80. The second kappa shape index (κ2) is 7.59. The zero-order valence-electron chi connectivity index (χ0n) is 15.6. The van der Waals surface area contributed by atoms with Gasteiger partial charge in [-0.1, -0.05) is 18.2 Å². The number of benzene rings is 2. The van der Waals surface area contributed by atoms with E-state index in [1.807, 2.05) is 0 Å². The quantitative estimate of drug-likeness (QED) is 0.483. The van der Waals surface area contributed by atoms with Crippen LogP contribution in [-0.4, -0.2) is 39.2 Å². The Balaban J connectivity index is 1.63. The van der Waals surface area contributed by atoms with Crippen molar-refractivity contribution in [2.24, 2.45) is 0 Å². The van der Waals surface area contributed by atoms with E-state index in [4.69, 9.17) is 4.74 Å². The van der Waals surface area contributed by atoms with Crippen molar-refractivity contribution in [3.05, 3.63) is 80.3 Å². The average Bonchev–Trinajstić information content (AvgIpc) is 2.77. The summed E-state index contributed by atoms with van der Waals surface area (Å²) < 4.78 is 9.88. The van der Waals surface area contributed by atoms with E-state index in [0.717, 1.165) is 0 Å². The highest BCUT2D eigenvalue weighted by atomic mass is 16.5. The molecular formula is C20H14N4O6. The first-order valence-electron chi connectivity index (χ1n) is 8.74. The van der Waals surface area contributed by atoms with Gasteiger partial charge in [0.1, 0.15) is 12.4 Å². The van der Waals surface area contributed by atoms with Gasteiger partial charge < -0.3 is 14.5 Å². The molecule has 4 aromatic rings. The van der Waals surface area contributed by atoms with Crippen molar-refractivity contribution in [2.45, 2.75) is 6.61 Å². The van der Waals surface area contributed by atoms with Crippen molar-refractivity contribution in [3.63, 3.8) is 0 Å². The van der Waals surface area contributed by atoms with Crippen LogP contribution in [0, 0.1) is 0 Å². The SMILES string of the molecule is COC(=O)c1ccc2c(=O)[nH]c(COC(=O)c3n[nH]c(=O)c4ccccc34)nc2c1. The van der Waals surface area contributed by atoms with Gasteiger partial charge in [0.15, 0.2) is 5.69 Å². The van der Waals surface area contributed by atoms with Crippen LogP contribution >= 0.6 is 0 Å². The topological polar surface area (TPSA) is 144 Å². The lowest BCUT2D eigenvalue weighted by Gasteiger charge is -2.07. The number of rotatable bonds is 4. The molecule has 0 amide bonds. The Hall–Kier alpha value is -4.34. The van der Waals surface area contributed by atoms with Crippen LogP contribution in [0.4, 0.5) is 0 Å². The molecule has 30 heavy (non-hydrogen) atoms. The van der Waals surface area contributed by atoms with Crippen LogP contribution in [0.2, 0.25) is 0 Å². The van der Waals surface area contributed by atoms with Crippen molar-refractivity contribution < 1.29 is 19.1 Å². The second-order valence-corrected chi connectivity index (χ2v) is 6.26. The Morgan fingerprint density at radius 1 is 0.967 bits per heavy atom. The lowest BCUT2D eigenvalue weighted by molar-refractivity contribution is 0.0456. The van der Waals surface area contributed by atoms with Gasteiger partial charge in [-0.2, -0.15) is 5.10 Å². The van der Waals surface area contributed by atoms with Crippen LogP contribution in [0.5, 0.6) is 0 Å². The average molecular weight is 406 g/mol. The van der Waals surface area contributed by atoms with Crippen LogP contribution in [0.3, 0.4) is 0 Å². The second-order valence-electron chi connectivity index (χ2n) is 6.26. The molecule has 150 valence electrons. The van der Waals surface area contributed by atoms with Gasteiger partial charge >= 0.3 is 11.9 Å². The summed E-state index contributed by atoms with van der Waals surface area (Å²) >= 11 is 0. The van der Waals surface area contributed by atoms with E-state index in [1.165, 1.54) is 25.3 Å². The van der Waals surface area contributed by atoms with E-state index in [2.05, 4.69) is 24.9 Å². The summed E-state index contributed by atoms with van der Waals surface area (Å²) in [5.74, 6) is -1.28. The van der Waals surface area contributed by atoms with Crippen LogP contribution < -0.4 is 11.1 Å². The van der Waals surface area contributed by atoms with Crippen molar-refractivity contribution in [2.75, 3.05) is 7.11 Å². The van der Waals surface area contributed by atoms with Crippen molar-refractivity contribution in [1.29, 1.82) is 0 Å². The standard InChI is InChI=1S/C20H14N4O6/c1-29-19(27)10-6-7-13-14(8-10)21-15(22-17(13)25)9-30-20(28)16-11-4-2-3-5-12(11)18(26)24-23-16/h2-8H,9H2,1H3,(H,24,26)(H,21,22,25). The number of H-pyrrole nitrogens is 2. The molecule has 10 heteroatoms. The Labute approximate surface area is 167 Å². The molecule has 0 atom stereocenters. The zero-order valence-corrected chi connectivity index (χ0v) is 15.6. The monoisotopic (exact) mass is 406 g/mol. The lowest BCUT2D eigenvalue weighted by atomic mass is 10.1. The molecule has 10 nitrogen and oxygen atoms in total. The number of hydrogen-bond donors (Lipinski definition) is 2. The predicted octanol–water partition coefficient (Wildman–Crippen LogP) is 1.30. The number of aromatic nitrogens is 4. The predicted molar refractivity (Wildman–Crippen MR) is 105 cm³/mol. The summed E-state index contributed by atoms with van der Waals surface area (Å²) in [7, 11) is 1.25. The summed E-state index contributed by atoms with van der Waals surface area (Å²) in [6.07, 6.45) is 0. The van der Waals surface area contributed by atoms with Gasteiger partial charge in [0, 0.05) is 5.39 Å². The van der Waals surface area contributed by atoms with Gasteiger partial charge in [-0.25, -0.2) is 19.7 Å². The molecule has 0 saturated heterocycles. The molecule has 0 aliphatic carbocycles. The number of methoxy groups -OCH3 is 1. The highest BCUT2D eigenvalue weighted by molar-refractivity contribution is 6.02. The fourth-order valence-electron chi connectivity index (χ4n) is 2.97. The fourth-order valence-corrected chi connectivity index (χ4v) is 2.97. The fraction of sp³-hybridized carbons (Fsp3) is 0.100. The van der Waals surface area contributed by atoms with E-state index < -0.39 is 23.1 Å². The molecule has 0 unspecified atom stereocenters. The third-order valence-corrected chi connectivity index (χ3v) is 4.41. The minimum atomic E-state index is -0.798. The summed E-state index contributed by atoms with van der Waals surface area (Å²) in [6, 6.07) is 10.8. The Morgan fingerprint density at radius 3 is 2.50 bits per heavy atom. The molecule has 0 aliphatic heterocycles. The van der Waals surface area contributed by atoms with E-state index in [-0.39, 0.29) is 34.6 Å². The molecule has 2 heterocycles. The van der Waals surface area contributed by atoms with Gasteiger partial charge in [0.05, 0.1) is 29.0 Å². The van der Waals surface area contributed by atoms with Crippen molar-refractivity contribution >= 4 is 33.6 Å². The molecule has 0 fully saturated rings. The summed E-state index contributed by atoms with van der Waals surface area (Å²) in [5.41, 5.74) is -0.462. The molecule has 0 aliphatic rings. The van der Waals surface area contributed by atoms with E-state index in [0.29, 0.717) is 10.8 Å². The third kappa shape index (κ3) is 3.41. The maximum atomic E-state index is 12.5. The Morgan fingerprint density at radius 2 is 1.73 bits per heavy atom. The van der Waals surface area contributed by atoms with Gasteiger partial charge in [-0.05, 0) is 24.3 Å². The molecule has 2 aromatic carbocycles. The summed E-state index contributed by atoms with van der Waals surface area (Å²) in [4.78, 5) is 55.1.